The van der Waals surface area contributed by atoms with Crippen LogP contribution in [-0.4, -0.2) is 36.3 Å². The summed E-state index contributed by atoms with van der Waals surface area (Å²) in [6.45, 7) is 7.32. The van der Waals surface area contributed by atoms with Gasteiger partial charge in [-0.1, -0.05) is 6.92 Å². The van der Waals surface area contributed by atoms with Crippen molar-refractivity contribution in [3.63, 3.8) is 0 Å². The average Bonchev–Trinajstić information content (AvgIpc) is 2.47. The van der Waals surface area contributed by atoms with E-state index >= 15 is 0 Å². The van der Waals surface area contributed by atoms with Gasteiger partial charge in [-0.3, -0.25) is 0 Å². The lowest BCUT2D eigenvalue weighted by Gasteiger charge is -2.26. The number of hydrogen-bond acceptors (Lipinski definition) is 5. The van der Waals surface area contributed by atoms with Gasteiger partial charge in [0, 0.05) is 19.2 Å². The maximum Gasteiger partial charge on any atom is 0.216 e. The molecule has 0 aromatic carbocycles. The third kappa shape index (κ3) is 5.43. The summed E-state index contributed by atoms with van der Waals surface area (Å²) >= 11 is 0. The molecule has 5 heteroatoms. The molecule has 114 valence electrons. The third-order valence-electron chi connectivity index (χ3n) is 3.46. The highest BCUT2D eigenvalue weighted by molar-refractivity contribution is 5.16. The zero-order valence-electron chi connectivity index (χ0n) is 13.3. The Morgan fingerprint density at radius 1 is 1.30 bits per heavy atom. The predicted octanol–water partition coefficient (Wildman–Crippen LogP) is 2.73. The standard InChI is InChI=1S/C15H27N3O2/c1-6-9-16-12(7-8-15(2,3)20-5)13-10-14(19-4)18-11-17-13/h10-12,16H,6-9H2,1-5H3. The van der Waals surface area contributed by atoms with Crippen LogP contribution in [0.2, 0.25) is 0 Å². The molecule has 1 aromatic heterocycles. The van der Waals surface area contributed by atoms with E-state index in [-0.39, 0.29) is 11.6 Å². The summed E-state index contributed by atoms with van der Waals surface area (Å²) in [6.07, 6.45) is 4.56. The van der Waals surface area contributed by atoms with Crippen LogP contribution in [0.5, 0.6) is 5.88 Å². The number of methoxy groups -OCH3 is 2. The van der Waals surface area contributed by atoms with Gasteiger partial charge < -0.3 is 14.8 Å². The van der Waals surface area contributed by atoms with Crippen LogP contribution in [0.1, 0.15) is 51.8 Å². The van der Waals surface area contributed by atoms with E-state index in [1.165, 1.54) is 0 Å². The van der Waals surface area contributed by atoms with Crippen molar-refractivity contribution >= 4 is 0 Å². The van der Waals surface area contributed by atoms with Crippen molar-refractivity contribution in [1.82, 2.24) is 15.3 Å². The summed E-state index contributed by atoms with van der Waals surface area (Å²) in [5, 5.41) is 3.53. The maximum atomic E-state index is 5.49. The van der Waals surface area contributed by atoms with Gasteiger partial charge in [0.05, 0.1) is 18.4 Å². The van der Waals surface area contributed by atoms with Crippen LogP contribution in [0.15, 0.2) is 12.4 Å². The van der Waals surface area contributed by atoms with Crippen molar-refractivity contribution in [2.45, 2.75) is 51.7 Å². The Bertz CT molecular complexity index is 396. The molecule has 0 radical (unpaired) electrons. The van der Waals surface area contributed by atoms with Crippen molar-refractivity contribution in [2.75, 3.05) is 20.8 Å². The predicted molar refractivity (Wildman–Crippen MR) is 79.9 cm³/mol. The molecule has 1 rings (SSSR count). The maximum absolute atomic E-state index is 5.49. The van der Waals surface area contributed by atoms with Gasteiger partial charge in [0.25, 0.3) is 0 Å². The van der Waals surface area contributed by atoms with E-state index in [2.05, 4.69) is 36.1 Å². The van der Waals surface area contributed by atoms with E-state index in [1.54, 1.807) is 20.5 Å². The lowest BCUT2D eigenvalue weighted by Crippen LogP contribution is -2.28. The first-order chi connectivity index (χ1) is 9.52. The van der Waals surface area contributed by atoms with E-state index in [0.717, 1.165) is 31.5 Å². The minimum absolute atomic E-state index is 0.122. The summed E-state index contributed by atoms with van der Waals surface area (Å²) in [5.41, 5.74) is 0.848. The Balaban J connectivity index is 2.76. The molecule has 1 N–H and O–H groups in total. The smallest absolute Gasteiger partial charge is 0.216 e. The van der Waals surface area contributed by atoms with Gasteiger partial charge >= 0.3 is 0 Å². The first kappa shape index (κ1) is 16.9. The number of hydrogen-bond donors (Lipinski definition) is 1. The highest BCUT2D eigenvalue weighted by Gasteiger charge is 2.21. The molecule has 1 aromatic rings. The van der Waals surface area contributed by atoms with Crippen LogP contribution in [-0.2, 0) is 4.74 Å². The van der Waals surface area contributed by atoms with Gasteiger partial charge in [-0.2, -0.15) is 0 Å². The molecule has 0 aliphatic carbocycles. The zero-order chi connectivity index (χ0) is 15.0. The van der Waals surface area contributed by atoms with E-state index in [0.29, 0.717) is 5.88 Å². The molecule has 1 heterocycles. The average molecular weight is 281 g/mol. The van der Waals surface area contributed by atoms with Crippen molar-refractivity contribution in [3.05, 3.63) is 18.1 Å². The lowest BCUT2D eigenvalue weighted by atomic mass is 9.97. The highest BCUT2D eigenvalue weighted by Crippen LogP contribution is 2.24. The van der Waals surface area contributed by atoms with Gasteiger partial charge in [0.1, 0.15) is 6.33 Å². The molecule has 0 spiro atoms. The van der Waals surface area contributed by atoms with E-state index in [4.69, 9.17) is 9.47 Å². The van der Waals surface area contributed by atoms with Crippen molar-refractivity contribution in [3.8, 4) is 5.88 Å². The van der Waals surface area contributed by atoms with Crippen LogP contribution in [0.25, 0.3) is 0 Å². The van der Waals surface area contributed by atoms with Crippen LogP contribution in [0.3, 0.4) is 0 Å². The van der Waals surface area contributed by atoms with E-state index in [1.807, 2.05) is 6.07 Å². The molecule has 0 aliphatic rings. The van der Waals surface area contributed by atoms with Crippen LogP contribution >= 0.6 is 0 Å². The van der Waals surface area contributed by atoms with Crippen molar-refractivity contribution in [2.24, 2.45) is 0 Å². The molecule has 0 bridgehead atoms. The number of nitrogens with one attached hydrogen (secondary N) is 1. The largest absolute Gasteiger partial charge is 0.481 e. The molecule has 0 aliphatic heterocycles. The van der Waals surface area contributed by atoms with Crippen LogP contribution in [0, 0.1) is 0 Å². The molecule has 0 saturated carbocycles. The number of nitrogens with zero attached hydrogens (tertiary/aromatic N) is 2. The molecule has 0 fully saturated rings. The Morgan fingerprint density at radius 3 is 2.65 bits per heavy atom. The molecular formula is C15H27N3O2. The fourth-order valence-electron chi connectivity index (χ4n) is 1.92. The molecule has 5 nitrogen and oxygen atoms in total. The molecule has 20 heavy (non-hydrogen) atoms. The normalized spacial score (nSPS) is 13.2. The quantitative estimate of drug-likeness (QED) is 0.754. The van der Waals surface area contributed by atoms with Gasteiger partial charge in [0.2, 0.25) is 5.88 Å². The minimum atomic E-state index is -0.122. The van der Waals surface area contributed by atoms with Crippen molar-refractivity contribution in [1.29, 1.82) is 0 Å². The summed E-state index contributed by atoms with van der Waals surface area (Å²) in [7, 11) is 3.37. The van der Waals surface area contributed by atoms with Gasteiger partial charge in [-0.05, 0) is 39.7 Å². The molecular weight excluding hydrogens is 254 g/mol. The SMILES string of the molecule is CCCNC(CCC(C)(C)OC)c1cc(OC)ncn1. The summed E-state index contributed by atoms with van der Waals surface area (Å²) in [4.78, 5) is 8.43. The first-order valence-corrected chi connectivity index (χ1v) is 7.17. The van der Waals surface area contributed by atoms with E-state index in [9.17, 15) is 0 Å². The number of ether oxygens (including phenoxy) is 2. The monoisotopic (exact) mass is 281 g/mol. The fourth-order valence-corrected chi connectivity index (χ4v) is 1.92. The summed E-state index contributed by atoms with van der Waals surface area (Å²) < 4.78 is 10.7. The van der Waals surface area contributed by atoms with Gasteiger partial charge in [0.15, 0.2) is 0 Å². The Hall–Kier alpha value is -1.20. The summed E-state index contributed by atoms with van der Waals surface area (Å²) in [5.74, 6) is 0.601. The topological polar surface area (TPSA) is 56.3 Å². The van der Waals surface area contributed by atoms with Crippen molar-refractivity contribution < 1.29 is 9.47 Å². The zero-order valence-corrected chi connectivity index (χ0v) is 13.3. The molecule has 0 saturated heterocycles. The van der Waals surface area contributed by atoms with Gasteiger partial charge in [-0.25, -0.2) is 9.97 Å². The third-order valence-corrected chi connectivity index (χ3v) is 3.46. The Morgan fingerprint density at radius 2 is 2.05 bits per heavy atom. The second kappa shape index (κ2) is 8.17. The number of rotatable bonds is 9. The molecule has 1 atom stereocenters. The second-order valence-corrected chi connectivity index (χ2v) is 5.49. The van der Waals surface area contributed by atoms with Gasteiger partial charge in [-0.15, -0.1) is 0 Å². The lowest BCUT2D eigenvalue weighted by molar-refractivity contribution is 0.0116. The van der Waals surface area contributed by atoms with Crippen LogP contribution in [0.4, 0.5) is 0 Å². The first-order valence-electron chi connectivity index (χ1n) is 7.17. The van der Waals surface area contributed by atoms with E-state index < -0.39 is 0 Å². The Kier molecular flexibility index (Phi) is 6.88. The molecule has 1 unspecified atom stereocenters. The molecule has 0 amide bonds. The van der Waals surface area contributed by atoms with Crippen LogP contribution < -0.4 is 10.1 Å². The minimum Gasteiger partial charge on any atom is -0.481 e. The fraction of sp³-hybridized carbons (Fsp3) is 0.733. The Labute approximate surface area is 122 Å². The summed E-state index contributed by atoms with van der Waals surface area (Å²) in [6, 6.07) is 2.09. The second-order valence-electron chi connectivity index (χ2n) is 5.49. The highest BCUT2D eigenvalue weighted by atomic mass is 16.5. The number of aromatic nitrogens is 2.